The van der Waals surface area contributed by atoms with Crippen LogP contribution in [0, 0.1) is 0 Å². The zero-order valence-electron chi connectivity index (χ0n) is 4.00. The van der Waals surface area contributed by atoms with Gasteiger partial charge in [-0.25, -0.2) is 0 Å². The topological polar surface area (TPSA) is 72.5 Å². The van der Waals surface area contributed by atoms with E-state index in [1.807, 2.05) is 0 Å². The predicted octanol–water partition coefficient (Wildman–Crippen LogP) is -0.701. The highest BCUT2D eigenvalue weighted by atomic mass is 19.3. The van der Waals surface area contributed by atoms with Crippen molar-refractivity contribution in [2.45, 2.75) is 6.04 Å². The maximum absolute atomic E-state index is 10.8. The first-order chi connectivity index (χ1) is 3.68. The number of aliphatic carboxylic acids is 1. The summed E-state index contributed by atoms with van der Waals surface area (Å²) in [5.41, 5.74) is 4.76. The highest BCUT2D eigenvalue weighted by molar-refractivity contribution is 5.73. The van der Waals surface area contributed by atoms with Crippen LogP contribution < -0.4 is 5.73 Å². The number of rotatable bonds is 3. The van der Waals surface area contributed by atoms with Crippen molar-refractivity contribution in [3.05, 3.63) is 0 Å². The van der Waals surface area contributed by atoms with Gasteiger partial charge in [0.25, 0.3) is 0 Å². The third kappa shape index (κ3) is 2.49. The van der Waals surface area contributed by atoms with Crippen molar-refractivity contribution in [3.8, 4) is 0 Å². The number of nitrogens with two attached hydrogens (primary N) is 1. The lowest BCUT2D eigenvalue weighted by Gasteiger charge is -1.98. The number of hydrogen-bond donors (Lipinski definition) is 2. The van der Waals surface area contributed by atoms with Gasteiger partial charge in [-0.15, -0.1) is 0 Å². The van der Waals surface area contributed by atoms with Gasteiger partial charge in [0.2, 0.25) is 0 Å². The summed E-state index contributed by atoms with van der Waals surface area (Å²) in [6, 6.07) is -1.26. The third-order valence-corrected chi connectivity index (χ3v) is 0.560. The molecule has 0 radical (unpaired) electrons. The molecule has 0 aliphatic carbocycles. The van der Waals surface area contributed by atoms with Crippen LogP contribution in [0.25, 0.3) is 0 Å². The molecule has 0 saturated heterocycles. The Bertz CT molecular complexity index is 86.6. The summed E-state index contributed by atoms with van der Waals surface area (Å²) in [4.78, 5) is 12.7. The van der Waals surface area contributed by atoms with E-state index in [0.717, 1.165) is 0 Å². The van der Waals surface area contributed by atoms with Gasteiger partial charge in [0.15, 0.2) is 0 Å². The van der Waals surface area contributed by atoms with Gasteiger partial charge < -0.3 is 10.8 Å². The van der Waals surface area contributed by atoms with Gasteiger partial charge in [0, 0.05) is 0 Å². The summed E-state index contributed by atoms with van der Waals surface area (Å²) in [5.74, 6) is -1.28. The van der Waals surface area contributed by atoms with Crippen LogP contribution in [0.15, 0.2) is 0 Å². The molecule has 3 N–H and O–H groups in total. The molecule has 5 heteroatoms. The van der Waals surface area contributed by atoms with E-state index in [1.54, 1.807) is 0 Å². The number of carbonyl (C=O) groups is 1. The highest BCUT2D eigenvalue weighted by Gasteiger charge is 2.10. The minimum atomic E-state index is -1.28. The Balaban J connectivity index is 3.32. The van der Waals surface area contributed by atoms with E-state index in [4.69, 9.17) is 10.8 Å². The van der Waals surface area contributed by atoms with Crippen LogP contribution in [0.4, 0.5) is 4.53 Å². The smallest absolute Gasteiger partial charge is 0.323 e. The average molecular weight is 123 g/mol. The van der Waals surface area contributed by atoms with Gasteiger partial charge in [-0.05, 0) is 4.53 Å². The van der Waals surface area contributed by atoms with E-state index in [1.165, 1.54) is 0 Å². The van der Waals surface area contributed by atoms with E-state index < -0.39 is 18.6 Å². The van der Waals surface area contributed by atoms with Crippen molar-refractivity contribution in [1.82, 2.24) is 0 Å². The molecule has 0 unspecified atom stereocenters. The Morgan fingerprint density at radius 1 is 2.00 bits per heavy atom. The Kier molecular flexibility index (Phi) is 3.05. The summed E-state index contributed by atoms with van der Waals surface area (Å²) in [6.45, 7) is -0.602. The largest absolute Gasteiger partial charge is 0.480 e. The molecule has 0 aliphatic heterocycles. The number of carboxylic acids is 1. The van der Waals surface area contributed by atoms with Crippen LogP contribution in [0.3, 0.4) is 0 Å². The highest BCUT2D eigenvalue weighted by Crippen LogP contribution is 1.80. The fraction of sp³-hybridized carbons (Fsp3) is 0.667. The molecule has 0 aromatic carbocycles. The van der Waals surface area contributed by atoms with Gasteiger partial charge in [-0.1, -0.05) is 0 Å². The van der Waals surface area contributed by atoms with Crippen LogP contribution >= 0.6 is 0 Å². The fourth-order valence-electron chi connectivity index (χ4n) is 0.139. The van der Waals surface area contributed by atoms with Gasteiger partial charge >= 0.3 is 5.97 Å². The molecule has 0 spiro atoms. The first kappa shape index (κ1) is 7.32. The first-order valence-corrected chi connectivity index (χ1v) is 1.90. The second kappa shape index (κ2) is 3.34. The molecule has 4 nitrogen and oxygen atoms in total. The quantitative estimate of drug-likeness (QED) is 0.520. The van der Waals surface area contributed by atoms with Crippen LogP contribution in [-0.2, 0) is 9.74 Å². The summed E-state index contributed by atoms with van der Waals surface area (Å²) in [7, 11) is 0. The molecule has 0 bridgehead atoms. The van der Waals surface area contributed by atoms with Gasteiger partial charge in [-0.3, -0.25) is 4.79 Å². The maximum Gasteiger partial charge on any atom is 0.323 e. The number of carboxylic acid groups (broad SMARTS) is 1. The molecule has 8 heavy (non-hydrogen) atoms. The molecule has 0 heterocycles. The molecule has 0 aromatic heterocycles. The molecular weight excluding hydrogens is 117 g/mol. The molecule has 0 aromatic rings. The monoisotopic (exact) mass is 123 g/mol. The minimum absolute atomic E-state index is 0.602. The number of hydrogen-bond acceptors (Lipinski definition) is 3. The van der Waals surface area contributed by atoms with Crippen molar-refractivity contribution in [3.63, 3.8) is 0 Å². The molecule has 0 fully saturated rings. The molecule has 0 saturated carbocycles. The Hall–Kier alpha value is -0.680. The van der Waals surface area contributed by atoms with Crippen molar-refractivity contribution in [2.24, 2.45) is 5.73 Å². The molecule has 0 amide bonds. The normalized spacial score (nSPS) is 13.2. The summed E-state index contributed by atoms with van der Waals surface area (Å²) < 4.78 is 10.8. The lowest BCUT2D eigenvalue weighted by atomic mass is 10.3. The van der Waals surface area contributed by atoms with Crippen LogP contribution in [0.1, 0.15) is 0 Å². The van der Waals surface area contributed by atoms with E-state index in [9.17, 15) is 9.32 Å². The standard InChI is InChI=1S/C3H6FNO3/c4-8-1-2(5)3(6)7/h2H,1,5H2,(H,6,7)/t2-/m0/s1. The SMILES string of the molecule is N[C@@H](COF)C(=O)O. The van der Waals surface area contributed by atoms with Crippen molar-refractivity contribution >= 4 is 5.97 Å². The van der Waals surface area contributed by atoms with Crippen molar-refractivity contribution < 1.29 is 19.4 Å². The van der Waals surface area contributed by atoms with E-state index in [2.05, 4.69) is 4.94 Å². The summed E-state index contributed by atoms with van der Waals surface area (Å²) in [6.07, 6.45) is 0. The van der Waals surface area contributed by atoms with E-state index in [-0.39, 0.29) is 0 Å². The average Bonchev–Trinajstić information content (AvgIpc) is 1.67. The predicted molar refractivity (Wildman–Crippen MR) is 22.7 cm³/mol. The van der Waals surface area contributed by atoms with E-state index in [0.29, 0.717) is 0 Å². The van der Waals surface area contributed by atoms with Crippen molar-refractivity contribution in [2.75, 3.05) is 6.61 Å². The molecule has 48 valence electrons. The summed E-state index contributed by atoms with van der Waals surface area (Å²) >= 11 is 0. The zero-order chi connectivity index (χ0) is 6.57. The minimum Gasteiger partial charge on any atom is -0.480 e. The third-order valence-electron chi connectivity index (χ3n) is 0.560. The lowest BCUT2D eigenvalue weighted by molar-refractivity contribution is -0.157. The Morgan fingerprint density at radius 2 is 2.50 bits per heavy atom. The van der Waals surface area contributed by atoms with E-state index >= 15 is 0 Å². The second-order valence-corrected chi connectivity index (χ2v) is 1.22. The molecule has 0 rings (SSSR count). The maximum atomic E-state index is 10.8. The van der Waals surface area contributed by atoms with Crippen LogP contribution in [0.5, 0.6) is 0 Å². The van der Waals surface area contributed by atoms with Gasteiger partial charge in [0.1, 0.15) is 12.6 Å². The molecule has 1 atom stereocenters. The zero-order valence-corrected chi connectivity index (χ0v) is 4.00. The summed E-state index contributed by atoms with van der Waals surface area (Å²) in [5, 5.41) is 7.94. The van der Waals surface area contributed by atoms with Crippen LogP contribution in [0.2, 0.25) is 0 Å². The van der Waals surface area contributed by atoms with Crippen LogP contribution in [-0.4, -0.2) is 23.7 Å². The van der Waals surface area contributed by atoms with Crippen molar-refractivity contribution in [1.29, 1.82) is 0 Å². The Morgan fingerprint density at radius 3 is 2.62 bits per heavy atom. The number of halogens is 1. The molecule has 0 aliphatic rings. The van der Waals surface area contributed by atoms with Gasteiger partial charge in [-0.2, -0.15) is 4.94 Å². The Labute approximate surface area is 44.9 Å². The fourth-order valence-corrected chi connectivity index (χ4v) is 0.139. The lowest BCUT2D eigenvalue weighted by Crippen LogP contribution is -2.33. The first-order valence-electron chi connectivity index (χ1n) is 1.90. The molecular formula is C3H6FNO3. The van der Waals surface area contributed by atoms with Gasteiger partial charge in [0.05, 0.1) is 0 Å². The second-order valence-electron chi connectivity index (χ2n) is 1.22.